The van der Waals surface area contributed by atoms with E-state index in [4.69, 9.17) is 0 Å². The Balaban J connectivity index is 1.57. The van der Waals surface area contributed by atoms with E-state index in [0.717, 1.165) is 30.4 Å². The average molecular weight is 419 g/mol. The fourth-order valence-electron chi connectivity index (χ4n) is 5.10. The standard InChI is InChI=1S/C27H34N2O2/c1-27(26(31)28-23-15-8-3-2-4-9-16-23)20-22-14-10-11-17-24(22)25(30)29(27)19-18-21-12-6-5-7-13-21/h5-7,10-14,17,23H,2-4,8-9,15-16,18-20H2,1H3,(H,28,31)/t27-/m0/s1. The van der Waals surface area contributed by atoms with Crippen LogP contribution in [0.4, 0.5) is 0 Å². The molecule has 4 rings (SSSR count). The van der Waals surface area contributed by atoms with Crippen LogP contribution in [-0.4, -0.2) is 34.8 Å². The van der Waals surface area contributed by atoms with Crippen LogP contribution in [0.15, 0.2) is 54.6 Å². The second kappa shape index (κ2) is 9.67. The molecule has 0 radical (unpaired) electrons. The normalized spacial score (nSPS) is 22.4. The number of carbonyl (C=O) groups is 2. The van der Waals surface area contributed by atoms with Crippen molar-refractivity contribution < 1.29 is 9.59 Å². The summed E-state index contributed by atoms with van der Waals surface area (Å²) >= 11 is 0. The highest BCUT2D eigenvalue weighted by molar-refractivity contribution is 6.02. The lowest BCUT2D eigenvalue weighted by atomic mass is 9.82. The summed E-state index contributed by atoms with van der Waals surface area (Å²) < 4.78 is 0. The molecule has 2 aliphatic rings. The zero-order valence-corrected chi connectivity index (χ0v) is 18.6. The Labute approximate surface area is 186 Å². The van der Waals surface area contributed by atoms with Gasteiger partial charge in [-0.05, 0) is 43.4 Å². The zero-order chi connectivity index (χ0) is 21.7. The number of carbonyl (C=O) groups excluding carboxylic acids is 2. The highest BCUT2D eigenvalue weighted by atomic mass is 16.2. The predicted molar refractivity (Wildman–Crippen MR) is 124 cm³/mol. The second-order valence-corrected chi connectivity index (χ2v) is 9.32. The largest absolute Gasteiger partial charge is 0.351 e. The van der Waals surface area contributed by atoms with Crippen molar-refractivity contribution in [1.82, 2.24) is 10.2 Å². The van der Waals surface area contributed by atoms with Crippen molar-refractivity contribution in [2.45, 2.75) is 76.3 Å². The molecule has 1 atom stereocenters. The van der Waals surface area contributed by atoms with E-state index in [9.17, 15) is 9.59 Å². The van der Waals surface area contributed by atoms with Crippen LogP contribution >= 0.6 is 0 Å². The number of rotatable bonds is 5. The van der Waals surface area contributed by atoms with Crippen molar-refractivity contribution in [2.75, 3.05) is 6.54 Å². The van der Waals surface area contributed by atoms with Crippen LogP contribution in [0.5, 0.6) is 0 Å². The van der Waals surface area contributed by atoms with Crippen LogP contribution in [-0.2, 0) is 17.6 Å². The lowest BCUT2D eigenvalue weighted by molar-refractivity contribution is -0.132. The highest BCUT2D eigenvalue weighted by Gasteiger charge is 2.46. The number of nitrogens with one attached hydrogen (secondary N) is 1. The van der Waals surface area contributed by atoms with Gasteiger partial charge in [-0.15, -0.1) is 0 Å². The summed E-state index contributed by atoms with van der Waals surface area (Å²) in [5, 5.41) is 3.34. The summed E-state index contributed by atoms with van der Waals surface area (Å²) in [6.45, 7) is 2.48. The SMILES string of the molecule is C[C@@]1(C(=O)NC2CCCCCCC2)Cc2ccccc2C(=O)N1CCc1ccccc1. The third kappa shape index (κ3) is 4.84. The van der Waals surface area contributed by atoms with E-state index in [-0.39, 0.29) is 17.9 Å². The maximum absolute atomic E-state index is 13.7. The van der Waals surface area contributed by atoms with Crippen molar-refractivity contribution in [3.8, 4) is 0 Å². The lowest BCUT2D eigenvalue weighted by Gasteiger charge is -2.44. The first-order chi connectivity index (χ1) is 15.1. The van der Waals surface area contributed by atoms with Gasteiger partial charge in [-0.3, -0.25) is 9.59 Å². The molecule has 2 aromatic carbocycles. The summed E-state index contributed by atoms with van der Waals surface area (Å²) in [5.41, 5.74) is 2.00. The molecule has 2 amide bonds. The highest BCUT2D eigenvalue weighted by Crippen LogP contribution is 2.32. The van der Waals surface area contributed by atoms with Crippen molar-refractivity contribution >= 4 is 11.8 Å². The third-order valence-corrected chi connectivity index (χ3v) is 7.02. The Morgan fingerprint density at radius 1 is 0.968 bits per heavy atom. The Morgan fingerprint density at radius 2 is 1.61 bits per heavy atom. The van der Waals surface area contributed by atoms with Crippen molar-refractivity contribution in [3.05, 3.63) is 71.3 Å². The molecule has 0 spiro atoms. The van der Waals surface area contributed by atoms with E-state index >= 15 is 0 Å². The van der Waals surface area contributed by atoms with Crippen LogP contribution in [0.2, 0.25) is 0 Å². The number of amides is 2. The average Bonchev–Trinajstić information content (AvgIpc) is 2.76. The van der Waals surface area contributed by atoms with Gasteiger partial charge in [0.1, 0.15) is 5.54 Å². The van der Waals surface area contributed by atoms with Crippen molar-refractivity contribution in [2.24, 2.45) is 0 Å². The minimum Gasteiger partial charge on any atom is -0.351 e. The molecule has 1 N–H and O–H groups in total. The Hall–Kier alpha value is -2.62. The second-order valence-electron chi connectivity index (χ2n) is 9.32. The fourth-order valence-corrected chi connectivity index (χ4v) is 5.10. The van der Waals surface area contributed by atoms with Gasteiger partial charge in [0, 0.05) is 24.6 Å². The minimum absolute atomic E-state index is 0.00557. The summed E-state index contributed by atoms with van der Waals surface area (Å²) in [6, 6.07) is 18.1. The molecule has 0 saturated heterocycles. The first-order valence-electron chi connectivity index (χ1n) is 11.8. The molecular formula is C27H34N2O2. The van der Waals surface area contributed by atoms with Crippen LogP contribution in [0, 0.1) is 0 Å². The zero-order valence-electron chi connectivity index (χ0n) is 18.6. The summed E-state index contributed by atoms with van der Waals surface area (Å²) in [4.78, 5) is 29.0. The van der Waals surface area contributed by atoms with Crippen LogP contribution in [0.25, 0.3) is 0 Å². The van der Waals surface area contributed by atoms with Gasteiger partial charge in [0.2, 0.25) is 5.91 Å². The maximum Gasteiger partial charge on any atom is 0.255 e. The van der Waals surface area contributed by atoms with Gasteiger partial charge in [-0.25, -0.2) is 0 Å². The van der Waals surface area contributed by atoms with Crippen molar-refractivity contribution in [1.29, 1.82) is 0 Å². The molecule has 4 nitrogen and oxygen atoms in total. The first-order valence-corrected chi connectivity index (χ1v) is 11.8. The number of hydrogen-bond acceptors (Lipinski definition) is 2. The molecule has 0 bridgehead atoms. The van der Waals surface area contributed by atoms with E-state index in [1.54, 1.807) is 0 Å². The molecule has 1 saturated carbocycles. The van der Waals surface area contributed by atoms with Gasteiger partial charge >= 0.3 is 0 Å². The molecular weight excluding hydrogens is 384 g/mol. The molecule has 0 unspecified atom stereocenters. The quantitative estimate of drug-likeness (QED) is 0.750. The van der Waals surface area contributed by atoms with E-state index in [0.29, 0.717) is 13.0 Å². The van der Waals surface area contributed by atoms with Crippen molar-refractivity contribution in [3.63, 3.8) is 0 Å². The van der Waals surface area contributed by atoms with E-state index in [1.807, 2.05) is 54.3 Å². The fraction of sp³-hybridized carbons (Fsp3) is 0.481. The van der Waals surface area contributed by atoms with E-state index < -0.39 is 5.54 Å². The Bertz CT molecular complexity index is 902. The Kier molecular flexibility index (Phi) is 6.74. The summed E-state index contributed by atoms with van der Waals surface area (Å²) in [5.74, 6) is -0.0397. The van der Waals surface area contributed by atoms with Gasteiger partial charge in [0.05, 0.1) is 0 Å². The molecule has 164 valence electrons. The number of nitrogens with zero attached hydrogens (tertiary/aromatic N) is 1. The predicted octanol–water partition coefficient (Wildman–Crippen LogP) is 4.92. The van der Waals surface area contributed by atoms with Gasteiger partial charge in [-0.2, -0.15) is 0 Å². The smallest absolute Gasteiger partial charge is 0.255 e. The van der Waals surface area contributed by atoms with E-state index in [2.05, 4.69) is 17.4 Å². The van der Waals surface area contributed by atoms with E-state index in [1.165, 1.54) is 37.7 Å². The molecule has 1 heterocycles. The Morgan fingerprint density at radius 3 is 2.35 bits per heavy atom. The summed E-state index contributed by atoms with van der Waals surface area (Å²) in [6.07, 6.45) is 9.51. The number of fused-ring (bicyclic) bond motifs is 1. The number of hydrogen-bond donors (Lipinski definition) is 1. The van der Waals surface area contributed by atoms with Gasteiger partial charge in [0.25, 0.3) is 5.91 Å². The molecule has 0 aromatic heterocycles. The lowest BCUT2D eigenvalue weighted by Crippen LogP contribution is -2.64. The van der Waals surface area contributed by atoms with Crippen LogP contribution in [0.3, 0.4) is 0 Å². The topological polar surface area (TPSA) is 49.4 Å². The minimum atomic E-state index is -0.872. The van der Waals surface area contributed by atoms with Crippen LogP contribution in [0.1, 0.15) is 73.4 Å². The number of benzene rings is 2. The molecule has 4 heteroatoms. The molecule has 2 aromatic rings. The molecule has 1 aliphatic carbocycles. The van der Waals surface area contributed by atoms with Gasteiger partial charge < -0.3 is 10.2 Å². The van der Waals surface area contributed by atoms with Gasteiger partial charge in [-0.1, -0.05) is 80.6 Å². The summed E-state index contributed by atoms with van der Waals surface area (Å²) in [7, 11) is 0. The van der Waals surface area contributed by atoms with Gasteiger partial charge in [0.15, 0.2) is 0 Å². The first kappa shape index (κ1) is 21.6. The molecule has 1 aliphatic heterocycles. The third-order valence-electron chi connectivity index (χ3n) is 7.02. The molecule has 1 fully saturated rings. The molecule has 31 heavy (non-hydrogen) atoms. The van der Waals surface area contributed by atoms with Crippen LogP contribution < -0.4 is 5.32 Å². The monoisotopic (exact) mass is 418 g/mol. The maximum atomic E-state index is 13.7.